The first-order valence-corrected chi connectivity index (χ1v) is 7.10. The Morgan fingerprint density at radius 3 is 2.46 bits per heavy atom. The van der Waals surface area contributed by atoms with Gasteiger partial charge in [0, 0.05) is 12.6 Å². The summed E-state index contributed by atoms with van der Waals surface area (Å²) in [5.74, 6) is -1.46. The largest absolute Gasteiger partial charge is 0.434 e. The van der Waals surface area contributed by atoms with Gasteiger partial charge in [-0.2, -0.15) is 18.3 Å². The van der Waals surface area contributed by atoms with E-state index in [9.17, 15) is 22.4 Å². The van der Waals surface area contributed by atoms with Crippen molar-refractivity contribution < 1.29 is 22.4 Å². The van der Waals surface area contributed by atoms with Crippen molar-refractivity contribution in [2.45, 2.75) is 19.1 Å². The van der Waals surface area contributed by atoms with Gasteiger partial charge in [0.2, 0.25) is 0 Å². The molecule has 2 N–H and O–H groups in total. The first-order chi connectivity index (χ1) is 11.2. The third kappa shape index (κ3) is 3.91. The molecule has 2 aromatic rings. The van der Waals surface area contributed by atoms with Crippen LogP contribution in [0.4, 0.5) is 17.6 Å². The summed E-state index contributed by atoms with van der Waals surface area (Å²) in [5.41, 5.74) is -1.79. The van der Waals surface area contributed by atoms with Gasteiger partial charge in [-0.05, 0) is 38.2 Å². The highest BCUT2D eigenvalue weighted by Gasteiger charge is 2.40. The Bertz CT molecular complexity index is 709. The number of halogens is 4. The van der Waals surface area contributed by atoms with Gasteiger partial charge in [0.25, 0.3) is 5.91 Å². The predicted octanol–water partition coefficient (Wildman–Crippen LogP) is 2.37. The molecule has 1 aromatic carbocycles. The van der Waals surface area contributed by atoms with Crippen LogP contribution in [0.15, 0.2) is 30.5 Å². The molecule has 5 nitrogen and oxygen atoms in total. The summed E-state index contributed by atoms with van der Waals surface area (Å²) in [4.78, 5) is 12.1. The van der Waals surface area contributed by atoms with Crippen LogP contribution in [0, 0.1) is 5.82 Å². The number of benzene rings is 1. The van der Waals surface area contributed by atoms with Crippen LogP contribution in [0.2, 0.25) is 0 Å². The van der Waals surface area contributed by atoms with Crippen molar-refractivity contribution >= 4 is 5.91 Å². The number of likely N-dealkylation sites (N-methyl/N-ethyl adjacent to an activating group) is 1. The van der Waals surface area contributed by atoms with Crippen LogP contribution in [-0.4, -0.2) is 35.3 Å². The van der Waals surface area contributed by atoms with E-state index in [1.165, 1.54) is 0 Å². The summed E-state index contributed by atoms with van der Waals surface area (Å²) in [7, 11) is 1.67. The molecule has 1 amide bonds. The minimum absolute atomic E-state index is 0.00590. The Kier molecular flexibility index (Phi) is 5.23. The summed E-state index contributed by atoms with van der Waals surface area (Å²) in [6.07, 6.45) is -3.95. The fourth-order valence-electron chi connectivity index (χ4n) is 2.01. The average molecular weight is 344 g/mol. The standard InChI is InChI=1S/C15H16F4N4O/c1-9(20-2)7-21-14(24)12-8-22-23(13(12)15(17,18)19)11-5-3-10(16)4-6-11/h3-6,8-9,20H,7H2,1-2H3,(H,21,24). The van der Waals surface area contributed by atoms with Gasteiger partial charge in [0.15, 0.2) is 5.69 Å². The number of nitrogens with one attached hydrogen (secondary N) is 2. The molecule has 0 saturated carbocycles. The number of hydrogen-bond donors (Lipinski definition) is 2. The number of aromatic nitrogens is 2. The van der Waals surface area contributed by atoms with E-state index in [0.717, 1.165) is 30.5 Å². The number of amides is 1. The van der Waals surface area contributed by atoms with Gasteiger partial charge in [-0.25, -0.2) is 9.07 Å². The molecule has 0 fully saturated rings. The summed E-state index contributed by atoms with van der Waals surface area (Å²) < 4.78 is 53.8. The maximum absolute atomic E-state index is 13.4. The smallest absolute Gasteiger partial charge is 0.350 e. The molecule has 0 bridgehead atoms. The predicted molar refractivity (Wildman–Crippen MR) is 79.4 cm³/mol. The Hall–Kier alpha value is -2.42. The molecule has 130 valence electrons. The molecule has 9 heteroatoms. The normalized spacial score (nSPS) is 12.9. The fourth-order valence-corrected chi connectivity index (χ4v) is 2.01. The van der Waals surface area contributed by atoms with E-state index in [1.54, 1.807) is 14.0 Å². The summed E-state index contributed by atoms with van der Waals surface area (Å²) >= 11 is 0. The molecule has 0 aliphatic rings. The topological polar surface area (TPSA) is 58.9 Å². The first-order valence-electron chi connectivity index (χ1n) is 7.10. The van der Waals surface area contributed by atoms with Crippen LogP contribution < -0.4 is 10.6 Å². The average Bonchev–Trinajstić information content (AvgIpc) is 2.98. The van der Waals surface area contributed by atoms with Crippen molar-refractivity contribution in [3.8, 4) is 5.69 Å². The molecule has 1 unspecified atom stereocenters. The minimum Gasteiger partial charge on any atom is -0.350 e. The van der Waals surface area contributed by atoms with E-state index in [4.69, 9.17) is 0 Å². The summed E-state index contributed by atoms with van der Waals surface area (Å²) in [6, 6.07) is 4.25. The molecule has 1 heterocycles. The maximum atomic E-state index is 13.4. The zero-order chi connectivity index (χ0) is 17.9. The molecule has 2 rings (SSSR count). The molecular weight excluding hydrogens is 328 g/mol. The molecule has 0 aliphatic heterocycles. The minimum atomic E-state index is -4.80. The Morgan fingerprint density at radius 2 is 1.92 bits per heavy atom. The second-order valence-electron chi connectivity index (χ2n) is 5.19. The van der Waals surface area contributed by atoms with Crippen LogP contribution in [0.1, 0.15) is 23.0 Å². The highest BCUT2D eigenvalue weighted by Crippen LogP contribution is 2.33. The lowest BCUT2D eigenvalue weighted by Gasteiger charge is -2.14. The number of rotatable bonds is 5. The number of carbonyl (C=O) groups excluding carboxylic acids is 1. The van der Waals surface area contributed by atoms with E-state index < -0.39 is 29.2 Å². The Balaban J connectivity index is 2.39. The monoisotopic (exact) mass is 344 g/mol. The molecular formula is C15H16F4N4O. The van der Waals surface area contributed by atoms with E-state index in [1.807, 2.05) is 0 Å². The summed E-state index contributed by atoms with van der Waals surface area (Å²) in [5, 5.41) is 8.93. The lowest BCUT2D eigenvalue weighted by atomic mass is 10.2. The number of carbonyl (C=O) groups is 1. The molecule has 0 aliphatic carbocycles. The van der Waals surface area contributed by atoms with E-state index in [2.05, 4.69) is 15.7 Å². The van der Waals surface area contributed by atoms with Crippen molar-refractivity contribution in [1.29, 1.82) is 0 Å². The van der Waals surface area contributed by atoms with Crippen LogP contribution in [-0.2, 0) is 6.18 Å². The highest BCUT2D eigenvalue weighted by molar-refractivity contribution is 5.95. The quantitative estimate of drug-likeness (QED) is 0.819. The third-order valence-corrected chi connectivity index (χ3v) is 3.42. The van der Waals surface area contributed by atoms with Gasteiger partial charge >= 0.3 is 6.18 Å². The van der Waals surface area contributed by atoms with Gasteiger partial charge in [-0.15, -0.1) is 0 Å². The van der Waals surface area contributed by atoms with Crippen LogP contribution in [0.5, 0.6) is 0 Å². The maximum Gasteiger partial charge on any atom is 0.434 e. The van der Waals surface area contributed by atoms with E-state index in [0.29, 0.717) is 4.68 Å². The lowest BCUT2D eigenvalue weighted by molar-refractivity contribution is -0.143. The number of nitrogens with zero attached hydrogens (tertiary/aromatic N) is 2. The molecule has 0 saturated heterocycles. The van der Waals surface area contributed by atoms with Crippen molar-refractivity contribution in [3.05, 3.63) is 47.5 Å². The SMILES string of the molecule is CNC(C)CNC(=O)c1cnn(-c2ccc(F)cc2)c1C(F)(F)F. The molecule has 0 radical (unpaired) electrons. The molecule has 1 atom stereocenters. The van der Waals surface area contributed by atoms with Crippen LogP contribution >= 0.6 is 0 Å². The summed E-state index contributed by atoms with van der Waals surface area (Å²) in [6.45, 7) is 1.93. The third-order valence-electron chi connectivity index (χ3n) is 3.42. The van der Waals surface area contributed by atoms with Crippen molar-refractivity contribution in [2.75, 3.05) is 13.6 Å². The molecule has 1 aromatic heterocycles. The van der Waals surface area contributed by atoms with E-state index >= 15 is 0 Å². The Labute approximate surface area is 135 Å². The highest BCUT2D eigenvalue weighted by atomic mass is 19.4. The van der Waals surface area contributed by atoms with Crippen molar-refractivity contribution in [3.63, 3.8) is 0 Å². The molecule has 24 heavy (non-hydrogen) atoms. The second-order valence-corrected chi connectivity index (χ2v) is 5.19. The Morgan fingerprint density at radius 1 is 1.29 bits per heavy atom. The van der Waals surface area contributed by atoms with Crippen molar-refractivity contribution in [2.24, 2.45) is 0 Å². The molecule has 0 spiro atoms. The van der Waals surface area contributed by atoms with Gasteiger partial charge in [-0.3, -0.25) is 4.79 Å². The van der Waals surface area contributed by atoms with Crippen LogP contribution in [0.3, 0.4) is 0 Å². The zero-order valence-corrected chi connectivity index (χ0v) is 13.0. The van der Waals surface area contributed by atoms with E-state index in [-0.39, 0.29) is 18.3 Å². The van der Waals surface area contributed by atoms with Crippen molar-refractivity contribution in [1.82, 2.24) is 20.4 Å². The number of hydrogen-bond acceptors (Lipinski definition) is 3. The second kappa shape index (κ2) is 7.00. The lowest BCUT2D eigenvalue weighted by Crippen LogP contribution is -2.37. The van der Waals surface area contributed by atoms with Gasteiger partial charge in [-0.1, -0.05) is 0 Å². The first kappa shape index (κ1) is 17.9. The zero-order valence-electron chi connectivity index (χ0n) is 13.0. The van der Waals surface area contributed by atoms with Gasteiger partial charge < -0.3 is 10.6 Å². The van der Waals surface area contributed by atoms with Gasteiger partial charge in [0.05, 0.1) is 17.4 Å². The van der Waals surface area contributed by atoms with Gasteiger partial charge in [0.1, 0.15) is 5.82 Å². The fraction of sp³-hybridized carbons (Fsp3) is 0.333. The number of alkyl halides is 3. The van der Waals surface area contributed by atoms with Crippen LogP contribution in [0.25, 0.3) is 5.69 Å².